The number of anilines is 3. The van der Waals surface area contributed by atoms with E-state index in [0.717, 1.165) is 59.3 Å². The predicted octanol–water partition coefficient (Wildman–Crippen LogP) is 3.77. The van der Waals surface area contributed by atoms with E-state index in [0.29, 0.717) is 11.3 Å². The number of nitrogens with zero attached hydrogens (tertiary/aromatic N) is 1. The Balaban J connectivity index is 1.44. The van der Waals surface area contributed by atoms with Gasteiger partial charge in [-0.25, -0.2) is 0 Å². The molecule has 168 valence electrons. The lowest BCUT2D eigenvalue weighted by Gasteiger charge is -2.28. The number of hydrogen-bond acceptors (Lipinski definition) is 5. The van der Waals surface area contributed by atoms with Crippen molar-refractivity contribution < 1.29 is 9.35 Å². The molecular formula is C26H26N4O2S. The van der Waals surface area contributed by atoms with Crippen molar-refractivity contribution in [2.75, 3.05) is 41.0 Å². The Bertz CT molecular complexity index is 1190. The lowest BCUT2D eigenvalue weighted by atomic mass is 9.99. The van der Waals surface area contributed by atoms with Gasteiger partial charge in [-0.15, -0.1) is 0 Å². The van der Waals surface area contributed by atoms with Gasteiger partial charge in [0.2, 0.25) is 0 Å². The molecule has 0 bridgehead atoms. The Morgan fingerprint density at radius 3 is 2.48 bits per heavy atom. The van der Waals surface area contributed by atoms with E-state index in [4.69, 9.17) is 5.73 Å². The van der Waals surface area contributed by atoms with Crippen LogP contribution in [0.1, 0.15) is 16.7 Å². The van der Waals surface area contributed by atoms with E-state index in [2.05, 4.69) is 27.7 Å². The molecular weight excluding hydrogens is 432 g/mol. The summed E-state index contributed by atoms with van der Waals surface area (Å²) in [5.74, 6) is 1.35. The standard InChI is InChI=1S/C26H26N4O2S/c27-20-8-11-23-22(16-20)24(26(31)29-23)25(19-4-2-1-3-5-19)28-21-9-6-18(7-10-21)17-30-12-14-33(32)15-13-30/h1-11,16,28H,12-15,17,27H2,(H,29,31). The van der Waals surface area contributed by atoms with Crippen LogP contribution in [0.2, 0.25) is 0 Å². The van der Waals surface area contributed by atoms with Crippen molar-refractivity contribution in [3.63, 3.8) is 0 Å². The first kappa shape index (κ1) is 21.6. The maximum atomic E-state index is 13.0. The van der Waals surface area contributed by atoms with Gasteiger partial charge < -0.3 is 20.9 Å². The average molecular weight is 459 g/mol. The summed E-state index contributed by atoms with van der Waals surface area (Å²) in [7, 11) is 0. The number of rotatable bonds is 5. The van der Waals surface area contributed by atoms with Crippen molar-refractivity contribution in [2.45, 2.75) is 6.54 Å². The fourth-order valence-electron chi connectivity index (χ4n) is 4.25. The Hall–Kier alpha value is -3.26. The second kappa shape index (κ2) is 9.31. The number of nitrogen functional groups attached to an aromatic ring is 1. The Morgan fingerprint density at radius 1 is 1.03 bits per heavy atom. The van der Waals surface area contributed by atoms with Crippen LogP contribution >= 0.6 is 0 Å². The highest BCUT2D eigenvalue weighted by molar-refractivity contribution is 7.91. The molecule has 7 heteroatoms. The zero-order valence-corrected chi connectivity index (χ0v) is 19.0. The van der Waals surface area contributed by atoms with Crippen molar-refractivity contribution in [3.8, 4) is 0 Å². The van der Waals surface area contributed by atoms with Crippen LogP contribution in [0.25, 0.3) is 11.3 Å². The summed E-state index contributed by atoms with van der Waals surface area (Å²) in [5, 5.41) is 6.44. The van der Waals surface area contributed by atoms with E-state index >= 15 is 0 Å². The Kier molecular flexibility index (Phi) is 6.09. The molecule has 3 aromatic rings. The maximum absolute atomic E-state index is 13.0. The first-order valence-electron chi connectivity index (χ1n) is 11.0. The van der Waals surface area contributed by atoms with E-state index in [9.17, 15) is 9.35 Å². The number of nitrogens with two attached hydrogens (primary N) is 1. The molecule has 0 aliphatic carbocycles. The molecule has 0 saturated carbocycles. The lowest BCUT2D eigenvalue weighted by molar-refractivity contribution is -0.110. The second-order valence-corrected chi connectivity index (χ2v) is 10.0. The quantitative estimate of drug-likeness (QED) is 0.307. The Morgan fingerprint density at radius 2 is 1.76 bits per heavy atom. The highest BCUT2D eigenvalue weighted by atomic mass is 32.2. The van der Waals surface area contributed by atoms with E-state index < -0.39 is 11.2 Å². The van der Waals surface area contributed by atoms with Gasteiger partial charge in [-0.2, -0.15) is 0 Å². The summed E-state index contributed by atoms with van der Waals surface area (Å²) in [6.45, 7) is 2.59. The maximum Gasteiger partial charge on any atom is 0.258 e. The largest absolute Gasteiger partial charge is 0.616 e. The highest BCUT2D eigenvalue weighted by Crippen LogP contribution is 2.38. The molecule has 3 aromatic carbocycles. The minimum Gasteiger partial charge on any atom is -0.616 e. The van der Waals surface area contributed by atoms with Gasteiger partial charge in [0.1, 0.15) is 11.5 Å². The molecule has 0 radical (unpaired) electrons. The zero-order chi connectivity index (χ0) is 22.8. The van der Waals surface area contributed by atoms with Crippen molar-refractivity contribution in [2.24, 2.45) is 0 Å². The van der Waals surface area contributed by atoms with Crippen molar-refractivity contribution in [1.82, 2.24) is 4.90 Å². The van der Waals surface area contributed by atoms with Crippen LogP contribution in [0, 0.1) is 0 Å². The van der Waals surface area contributed by atoms with E-state index in [1.54, 1.807) is 6.07 Å². The van der Waals surface area contributed by atoms with Gasteiger partial charge in [0.25, 0.3) is 5.91 Å². The van der Waals surface area contributed by atoms with Gasteiger partial charge in [0.05, 0.1) is 11.3 Å². The molecule has 1 saturated heterocycles. The third-order valence-electron chi connectivity index (χ3n) is 6.00. The average Bonchev–Trinajstić information content (AvgIpc) is 3.15. The van der Waals surface area contributed by atoms with Crippen molar-refractivity contribution >= 4 is 45.4 Å². The van der Waals surface area contributed by atoms with Crippen LogP contribution in [0.4, 0.5) is 17.1 Å². The van der Waals surface area contributed by atoms with Crippen LogP contribution < -0.4 is 16.4 Å². The van der Waals surface area contributed by atoms with Gasteiger partial charge in [-0.1, -0.05) is 53.6 Å². The molecule has 4 N–H and O–H groups in total. The summed E-state index contributed by atoms with van der Waals surface area (Å²) >= 11 is -0.666. The normalized spacial score (nSPS) is 18.0. The van der Waals surface area contributed by atoms with Crippen LogP contribution in [-0.2, 0) is 22.5 Å². The van der Waals surface area contributed by atoms with Crippen LogP contribution in [-0.4, -0.2) is 40.0 Å². The number of amides is 1. The molecule has 2 aliphatic rings. The number of carbonyl (C=O) groups excluding carboxylic acids is 1. The van der Waals surface area contributed by atoms with Gasteiger partial charge in [0, 0.05) is 42.3 Å². The first-order valence-corrected chi connectivity index (χ1v) is 12.5. The molecule has 6 nitrogen and oxygen atoms in total. The molecule has 2 aliphatic heterocycles. The number of fused-ring (bicyclic) bond motifs is 1. The highest BCUT2D eigenvalue weighted by Gasteiger charge is 2.28. The fourth-order valence-corrected chi connectivity index (χ4v) is 5.37. The summed E-state index contributed by atoms with van der Waals surface area (Å²) in [5.41, 5.74) is 12.5. The van der Waals surface area contributed by atoms with Crippen LogP contribution in [0.15, 0.2) is 72.8 Å². The minimum atomic E-state index is -0.666. The molecule has 0 atom stereocenters. The number of carbonyl (C=O) groups is 1. The molecule has 2 heterocycles. The summed E-state index contributed by atoms with van der Waals surface area (Å²) < 4.78 is 11.6. The number of nitrogens with one attached hydrogen (secondary N) is 2. The van der Waals surface area contributed by atoms with E-state index in [1.165, 1.54) is 5.56 Å². The van der Waals surface area contributed by atoms with Gasteiger partial charge in [-0.05, 0) is 41.5 Å². The van der Waals surface area contributed by atoms with Crippen LogP contribution in [0.3, 0.4) is 0 Å². The molecule has 1 amide bonds. The van der Waals surface area contributed by atoms with E-state index in [1.807, 2.05) is 54.6 Å². The van der Waals surface area contributed by atoms with Gasteiger partial charge >= 0.3 is 0 Å². The summed E-state index contributed by atoms with van der Waals surface area (Å²) in [6, 6.07) is 23.6. The van der Waals surface area contributed by atoms with E-state index in [-0.39, 0.29) is 5.91 Å². The SMILES string of the molecule is Nc1ccc2c(c1)C(=C(Nc1ccc(CN3CC[S+]([O-])CC3)cc1)c1ccccc1)C(=O)N2. The molecule has 0 unspecified atom stereocenters. The predicted molar refractivity (Wildman–Crippen MR) is 136 cm³/mol. The molecule has 5 rings (SSSR count). The fraction of sp³-hybridized carbons (Fsp3) is 0.192. The van der Waals surface area contributed by atoms with Crippen LogP contribution in [0.5, 0.6) is 0 Å². The monoisotopic (exact) mass is 458 g/mol. The minimum absolute atomic E-state index is 0.152. The number of benzene rings is 3. The zero-order valence-electron chi connectivity index (χ0n) is 18.2. The molecule has 33 heavy (non-hydrogen) atoms. The van der Waals surface area contributed by atoms with Crippen molar-refractivity contribution in [1.29, 1.82) is 0 Å². The lowest BCUT2D eigenvalue weighted by Crippen LogP contribution is -2.39. The molecule has 0 aromatic heterocycles. The smallest absolute Gasteiger partial charge is 0.258 e. The summed E-state index contributed by atoms with van der Waals surface area (Å²) in [6.07, 6.45) is 0. The van der Waals surface area contributed by atoms with Gasteiger partial charge in [0.15, 0.2) is 0 Å². The number of hydrogen-bond donors (Lipinski definition) is 3. The molecule has 1 fully saturated rings. The second-order valence-electron chi connectivity index (χ2n) is 8.32. The third-order valence-corrected chi connectivity index (χ3v) is 7.28. The van der Waals surface area contributed by atoms with Gasteiger partial charge in [-0.3, -0.25) is 9.69 Å². The molecule has 0 spiro atoms. The van der Waals surface area contributed by atoms with Crippen molar-refractivity contribution in [3.05, 3.63) is 89.5 Å². The summed E-state index contributed by atoms with van der Waals surface area (Å²) in [4.78, 5) is 15.3. The first-order chi connectivity index (χ1) is 16.1. The Labute approximate surface area is 196 Å². The third kappa shape index (κ3) is 4.75. The topological polar surface area (TPSA) is 93.4 Å².